The monoisotopic (exact) mass is 205 g/mol. The van der Waals surface area contributed by atoms with E-state index in [2.05, 4.69) is 9.99 Å². The smallest absolute Gasteiger partial charge is 0.312 e. The Bertz CT molecular complexity index is 371. The van der Waals surface area contributed by atoms with E-state index >= 15 is 0 Å². The first-order valence-electron chi connectivity index (χ1n) is 4.56. The predicted octanol–water partition coefficient (Wildman–Crippen LogP) is 1.81. The first-order valence-corrected chi connectivity index (χ1v) is 4.56. The SMILES string of the molecule is CCC(C=O)=NOC(=O)c1ccccc1. The Hall–Kier alpha value is -1.97. The molecule has 0 saturated carbocycles. The van der Waals surface area contributed by atoms with E-state index in [1.807, 2.05) is 0 Å². The molecule has 0 aliphatic heterocycles. The number of rotatable bonds is 4. The van der Waals surface area contributed by atoms with Crippen molar-refractivity contribution in [2.75, 3.05) is 0 Å². The molecular weight excluding hydrogens is 194 g/mol. The zero-order valence-corrected chi connectivity index (χ0v) is 8.34. The molecule has 4 nitrogen and oxygen atoms in total. The molecule has 0 fully saturated rings. The molecule has 15 heavy (non-hydrogen) atoms. The number of aldehydes is 1. The summed E-state index contributed by atoms with van der Waals surface area (Å²) in [7, 11) is 0. The van der Waals surface area contributed by atoms with Crippen LogP contribution in [0.15, 0.2) is 35.5 Å². The van der Waals surface area contributed by atoms with Gasteiger partial charge in [0, 0.05) is 0 Å². The molecule has 0 atom stereocenters. The van der Waals surface area contributed by atoms with E-state index in [-0.39, 0.29) is 5.71 Å². The van der Waals surface area contributed by atoms with Crippen LogP contribution in [0, 0.1) is 0 Å². The number of nitrogens with zero attached hydrogens (tertiary/aromatic N) is 1. The van der Waals surface area contributed by atoms with Crippen molar-refractivity contribution in [3.8, 4) is 0 Å². The summed E-state index contributed by atoms with van der Waals surface area (Å²) in [6, 6.07) is 8.47. The summed E-state index contributed by atoms with van der Waals surface area (Å²) in [6.45, 7) is 1.75. The van der Waals surface area contributed by atoms with Crippen LogP contribution in [0.2, 0.25) is 0 Å². The van der Waals surface area contributed by atoms with E-state index in [0.29, 0.717) is 18.3 Å². The molecule has 0 saturated heterocycles. The van der Waals surface area contributed by atoms with Gasteiger partial charge in [-0.15, -0.1) is 0 Å². The molecular formula is C11H11NO3. The van der Waals surface area contributed by atoms with Crippen LogP contribution in [0.4, 0.5) is 0 Å². The molecule has 1 rings (SSSR count). The first kappa shape index (κ1) is 11.1. The Morgan fingerprint density at radius 3 is 2.60 bits per heavy atom. The fourth-order valence-corrected chi connectivity index (χ4v) is 0.896. The van der Waals surface area contributed by atoms with E-state index in [0.717, 1.165) is 0 Å². The standard InChI is InChI=1S/C11H11NO3/c1-2-10(8-13)12-15-11(14)9-6-4-3-5-7-9/h3-8H,2H2,1H3. The maximum absolute atomic E-state index is 11.3. The van der Waals surface area contributed by atoms with Crippen LogP contribution in [0.25, 0.3) is 0 Å². The highest BCUT2D eigenvalue weighted by Gasteiger charge is 2.05. The molecule has 78 valence electrons. The Kier molecular flexibility index (Phi) is 4.22. The maximum Gasteiger partial charge on any atom is 0.365 e. The first-order chi connectivity index (χ1) is 7.27. The van der Waals surface area contributed by atoms with E-state index in [1.54, 1.807) is 37.3 Å². The number of benzene rings is 1. The van der Waals surface area contributed by atoms with Crippen molar-refractivity contribution >= 4 is 18.0 Å². The van der Waals surface area contributed by atoms with Gasteiger partial charge >= 0.3 is 5.97 Å². The minimum atomic E-state index is -0.566. The molecule has 1 aromatic rings. The molecule has 0 heterocycles. The minimum Gasteiger partial charge on any atom is -0.312 e. The molecule has 0 aromatic heterocycles. The van der Waals surface area contributed by atoms with Crippen molar-refractivity contribution in [3.63, 3.8) is 0 Å². The molecule has 0 spiro atoms. The van der Waals surface area contributed by atoms with Gasteiger partial charge in [-0.25, -0.2) is 4.79 Å². The summed E-state index contributed by atoms with van der Waals surface area (Å²) in [4.78, 5) is 26.3. The van der Waals surface area contributed by atoms with Gasteiger partial charge < -0.3 is 4.84 Å². The number of hydrogen-bond acceptors (Lipinski definition) is 4. The number of carbonyl (C=O) groups is 2. The van der Waals surface area contributed by atoms with Crippen molar-refractivity contribution in [2.24, 2.45) is 5.16 Å². The third-order valence-corrected chi connectivity index (χ3v) is 1.75. The van der Waals surface area contributed by atoms with Gasteiger partial charge in [0.1, 0.15) is 5.71 Å². The highest BCUT2D eigenvalue weighted by atomic mass is 16.7. The minimum absolute atomic E-state index is 0.208. The third kappa shape index (κ3) is 3.34. The average Bonchev–Trinajstić information content (AvgIpc) is 2.31. The molecule has 0 N–H and O–H groups in total. The molecule has 0 bridgehead atoms. The van der Waals surface area contributed by atoms with Crippen molar-refractivity contribution in [1.82, 2.24) is 0 Å². The van der Waals surface area contributed by atoms with Gasteiger partial charge in [-0.05, 0) is 18.6 Å². The molecule has 0 aliphatic rings. The van der Waals surface area contributed by atoms with Crippen LogP contribution in [-0.2, 0) is 9.63 Å². The zero-order valence-electron chi connectivity index (χ0n) is 8.34. The second-order valence-electron chi connectivity index (χ2n) is 2.80. The van der Waals surface area contributed by atoms with Crippen LogP contribution in [-0.4, -0.2) is 18.0 Å². The van der Waals surface area contributed by atoms with E-state index in [4.69, 9.17) is 0 Å². The van der Waals surface area contributed by atoms with Crippen LogP contribution >= 0.6 is 0 Å². The van der Waals surface area contributed by atoms with Gasteiger partial charge in [0.05, 0.1) is 5.56 Å². The van der Waals surface area contributed by atoms with Crippen LogP contribution < -0.4 is 0 Å². The maximum atomic E-state index is 11.3. The molecule has 1 aromatic carbocycles. The average molecular weight is 205 g/mol. The van der Waals surface area contributed by atoms with Crippen LogP contribution in [0.1, 0.15) is 23.7 Å². The lowest BCUT2D eigenvalue weighted by atomic mass is 10.2. The molecule has 0 amide bonds. The van der Waals surface area contributed by atoms with Gasteiger partial charge in [-0.3, -0.25) is 4.79 Å². The topological polar surface area (TPSA) is 55.7 Å². The lowest BCUT2D eigenvalue weighted by Crippen LogP contribution is -2.04. The molecule has 0 aliphatic carbocycles. The second kappa shape index (κ2) is 5.70. The molecule has 0 unspecified atom stereocenters. The second-order valence-corrected chi connectivity index (χ2v) is 2.80. The van der Waals surface area contributed by atoms with Gasteiger partial charge in [0.25, 0.3) is 0 Å². The Morgan fingerprint density at radius 1 is 1.40 bits per heavy atom. The van der Waals surface area contributed by atoms with E-state index in [1.165, 1.54) is 0 Å². The number of hydrogen-bond donors (Lipinski definition) is 0. The van der Waals surface area contributed by atoms with Crippen LogP contribution in [0.3, 0.4) is 0 Å². The van der Waals surface area contributed by atoms with E-state index in [9.17, 15) is 9.59 Å². The summed E-state index contributed by atoms with van der Waals surface area (Å²) in [5, 5.41) is 3.44. The fraction of sp³-hybridized carbons (Fsp3) is 0.182. The van der Waals surface area contributed by atoms with Gasteiger partial charge in [-0.2, -0.15) is 0 Å². The zero-order chi connectivity index (χ0) is 11.1. The predicted molar refractivity (Wildman–Crippen MR) is 55.6 cm³/mol. The lowest BCUT2D eigenvalue weighted by molar-refractivity contribution is -0.102. The number of carbonyl (C=O) groups excluding carboxylic acids is 2. The lowest BCUT2D eigenvalue weighted by Gasteiger charge is -1.97. The number of oxime groups is 1. The van der Waals surface area contributed by atoms with Crippen molar-refractivity contribution in [1.29, 1.82) is 0 Å². The fourth-order valence-electron chi connectivity index (χ4n) is 0.896. The van der Waals surface area contributed by atoms with E-state index < -0.39 is 5.97 Å². The van der Waals surface area contributed by atoms with Crippen molar-refractivity contribution in [3.05, 3.63) is 35.9 Å². The summed E-state index contributed by atoms with van der Waals surface area (Å²) in [5.74, 6) is -0.566. The Balaban J connectivity index is 2.65. The Labute approximate surface area is 87.5 Å². The molecule has 0 radical (unpaired) electrons. The summed E-state index contributed by atoms with van der Waals surface area (Å²) in [5.41, 5.74) is 0.613. The summed E-state index contributed by atoms with van der Waals surface area (Å²) < 4.78 is 0. The molecule has 4 heteroatoms. The highest BCUT2D eigenvalue weighted by molar-refractivity contribution is 6.28. The summed E-state index contributed by atoms with van der Waals surface area (Å²) in [6.07, 6.45) is 1.00. The quantitative estimate of drug-likeness (QED) is 0.326. The van der Waals surface area contributed by atoms with Gasteiger partial charge in [-0.1, -0.05) is 30.3 Å². The largest absolute Gasteiger partial charge is 0.365 e. The Morgan fingerprint density at radius 2 is 2.07 bits per heavy atom. The van der Waals surface area contributed by atoms with Gasteiger partial charge in [0.2, 0.25) is 0 Å². The van der Waals surface area contributed by atoms with Gasteiger partial charge in [0.15, 0.2) is 6.29 Å². The summed E-state index contributed by atoms with van der Waals surface area (Å²) >= 11 is 0. The van der Waals surface area contributed by atoms with Crippen LogP contribution in [0.5, 0.6) is 0 Å². The van der Waals surface area contributed by atoms with Crippen molar-refractivity contribution < 1.29 is 14.4 Å². The van der Waals surface area contributed by atoms with Crippen molar-refractivity contribution in [2.45, 2.75) is 13.3 Å². The third-order valence-electron chi connectivity index (χ3n) is 1.75. The highest BCUT2D eigenvalue weighted by Crippen LogP contribution is 2.01. The normalized spacial score (nSPS) is 10.9.